The average molecular weight is 279 g/mol. The Balaban J connectivity index is 2.31. The highest BCUT2D eigenvalue weighted by Gasteiger charge is 2.05. The van der Waals surface area contributed by atoms with Gasteiger partial charge in [-0.2, -0.15) is 0 Å². The third-order valence-corrected chi connectivity index (χ3v) is 2.68. The van der Waals surface area contributed by atoms with Crippen LogP contribution in [0.1, 0.15) is 5.56 Å². The van der Waals surface area contributed by atoms with E-state index in [4.69, 9.17) is 10.5 Å². The molecular formula is C12H11BrN2O. The highest BCUT2D eigenvalue weighted by atomic mass is 79.9. The molecule has 2 aromatic rings. The second-order valence-electron chi connectivity index (χ2n) is 3.41. The summed E-state index contributed by atoms with van der Waals surface area (Å²) in [5.41, 5.74) is 7.40. The number of pyridine rings is 1. The fraction of sp³-hybridized carbons (Fsp3) is 0.0833. The van der Waals surface area contributed by atoms with Gasteiger partial charge >= 0.3 is 0 Å². The molecule has 1 aromatic heterocycles. The second-order valence-corrected chi connectivity index (χ2v) is 4.32. The van der Waals surface area contributed by atoms with Gasteiger partial charge in [-0.15, -0.1) is 0 Å². The molecule has 4 heteroatoms. The largest absolute Gasteiger partial charge is 0.437 e. The van der Waals surface area contributed by atoms with Crippen LogP contribution in [0.2, 0.25) is 0 Å². The first-order valence-corrected chi connectivity index (χ1v) is 5.60. The van der Waals surface area contributed by atoms with E-state index < -0.39 is 0 Å². The maximum atomic E-state index is 5.87. The molecule has 0 spiro atoms. The molecule has 0 radical (unpaired) electrons. The molecule has 2 rings (SSSR count). The molecule has 0 saturated carbocycles. The van der Waals surface area contributed by atoms with Crippen molar-refractivity contribution < 1.29 is 4.74 Å². The third-order valence-electron chi connectivity index (χ3n) is 2.18. The number of halogens is 1. The molecular weight excluding hydrogens is 268 g/mol. The van der Waals surface area contributed by atoms with Crippen molar-refractivity contribution in [2.45, 2.75) is 6.92 Å². The third kappa shape index (κ3) is 2.33. The normalized spacial score (nSPS) is 10.1. The first-order valence-electron chi connectivity index (χ1n) is 4.81. The van der Waals surface area contributed by atoms with E-state index in [1.807, 2.05) is 37.3 Å². The van der Waals surface area contributed by atoms with Crippen molar-refractivity contribution in [3.63, 3.8) is 0 Å². The van der Waals surface area contributed by atoms with E-state index in [9.17, 15) is 0 Å². The number of hydrogen-bond acceptors (Lipinski definition) is 3. The summed E-state index contributed by atoms with van der Waals surface area (Å²) in [6, 6.07) is 9.39. The Morgan fingerprint density at radius 1 is 1.31 bits per heavy atom. The van der Waals surface area contributed by atoms with Gasteiger partial charge in [-0.05, 0) is 36.8 Å². The topological polar surface area (TPSA) is 48.1 Å². The van der Waals surface area contributed by atoms with E-state index in [1.165, 1.54) is 0 Å². The van der Waals surface area contributed by atoms with Crippen molar-refractivity contribution in [1.29, 1.82) is 0 Å². The first-order chi connectivity index (χ1) is 7.66. The highest BCUT2D eigenvalue weighted by molar-refractivity contribution is 9.10. The number of anilines is 1. The molecule has 1 heterocycles. The number of nitrogens with two attached hydrogens (primary N) is 1. The number of nitrogen functional groups attached to an aromatic ring is 1. The lowest BCUT2D eigenvalue weighted by Gasteiger charge is -2.08. The Hall–Kier alpha value is -1.55. The number of nitrogens with zero attached hydrogens (tertiary/aromatic N) is 1. The zero-order valence-electron chi connectivity index (χ0n) is 8.77. The monoisotopic (exact) mass is 278 g/mol. The van der Waals surface area contributed by atoms with Gasteiger partial charge in [0.25, 0.3) is 0 Å². The predicted molar refractivity (Wildman–Crippen MR) is 67.6 cm³/mol. The number of aryl methyl sites for hydroxylation is 1. The van der Waals surface area contributed by atoms with E-state index >= 15 is 0 Å². The number of benzene rings is 1. The Bertz CT molecular complexity index is 514. The van der Waals surface area contributed by atoms with Gasteiger partial charge in [0, 0.05) is 10.7 Å². The number of aromatic nitrogens is 1. The van der Waals surface area contributed by atoms with Gasteiger partial charge in [0.2, 0.25) is 5.88 Å². The van der Waals surface area contributed by atoms with Crippen molar-refractivity contribution in [1.82, 2.24) is 4.98 Å². The zero-order chi connectivity index (χ0) is 11.5. The molecule has 0 atom stereocenters. The van der Waals surface area contributed by atoms with Crippen molar-refractivity contribution in [2.24, 2.45) is 0 Å². The van der Waals surface area contributed by atoms with Gasteiger partial charge in [0.05, 0.1) is 5.69 Å². The molecule has 0 saturated heterocycles. The van der Waals surface area contributed by atoms with Gasteiger partial charge in [-0.3, -0.25) is 0 Å². The Labute approximate surface area is 102 Å². The molecule has 0 aliphatic rings. The van der Waals surface area contributed by atoms with Crippen LogP contribution in [0.15, 0.2) is 41.0 Å². The van der Waals surface area contributed by atoms with E-state index in [0.29, 0.717) is 17.3 Å². The molecule has 0 bridgehead atoms. The van der Waals surface area contributed by atoms with E-state index in [2.05, 4.69) is 20.9 Å². The molecule has 0 amide bonds. The number of hydrogen-bond donors (Lipinski definition) is 1. The highest BCUT2D eigenvalue weighted by Crippen LogP contribution is 2.28. The quantitative estimate of drug-likeness (QED) is 0.914. The molecule has 1 aromatic carbocycles. The molecule has 3 nitrogen and oxygen atoms in total. The van der Waals surface area contributed by atoms with Crippen LogP contribution < -0.4 is 10.5 Å². The van der Waals surface area contributed by atoms with Gasteiger partial charge in [-0.1, -0.05) is 22.0 Å². The fourth-order valence-electron chi connectivity index (χ4n) is 1.27. The molecule has 16 heavy (non-hydrogen) atoms. The standard InChI is InChI=1S/C12H11BrN2O/c1-8-5-6-15-12(11(8)14)16-10-4-2-3-9(13)7-10/h2-7H,14H2,1H3. The Kier molecular flexibility index (Phi) is 3.10. The minimum Gasteiger partial charge on any atom is -0.437 e. The smallest absolute Gasteiger partial charge is 0.242 e. The summed E-state index contributed by atoms with van der Waals surface area (Å²) in [7, 11) is 0. The zero-order valence-corrected chi connectivity index (χ0v) is 10.4. The minimum atomic E-state index is 0.443. The maximum absolute atomic E-state index is 5.87. The molecule has 82 valence electrons. The summed E-state index contributed by atoms with van der Waals surface area (Å²) in [6.45, 7) is 1.92. The van der Waals surface area contributed by atoms with Crippen LogP contribution in [0.5, 0.6) is 11.6 Å². The summed E-state index contributed by atoms with van der Waals surface area (Å²) >= 11 is 3.38. The van der Waals surface area contributed by atoms with E-state index in [0.717, 1.165) is 10.0 Å². The van der Waals surface area contributed by atoms with E-state index in [1.54, 1.807) is 6.20 Å². The van der Waals surface area contributed by atoms with Gasteiger partial charge in [0.1, 0.15) is 5.75 Å². The fourth-order valence-corrected chi connectivity index (χ4v) is 1.65. The first kappa shape index (κ1) is 11.0. The Morgan fingerprint density at radius 3 is 2.88 bits per heavy atom. The summed E-state index contributed by atoms with van der Waals surface area (Å²) < 4.78 is 6.56. The SMILES string of the molecule is Cc1ccnc(Oc2cccc(Br)c2)c1N. The lowest BCUT2D eigenvalue weighted by atomic mass is 10.2. The molecule has 0 fully saturated rings. The van der Waals surface area contributed by atoms with Gasteiger partial charge in [0.15, 0.2) is 0 Å². The molecule has 0 aliphatic carbocycles. The minimum absolute atomic E-state index is 0.443. The van der Waals surface area contributed by atoms with Crippen molar-refractivity contribution >= 4 is 21.6 Å². The summed E-state index contributed by atoms with van der Waals surface area (Å²) in [5, 5.41) is 0. The van der Waals surface area contributed by atoms with Gasteiger partial charge < -0.3 is 10.5 Å². The van der Waals surface area contributed by atoms with Crippen LogP contribution >= 0.6 is 15.9 Å². The Morgan fingerprint density at radius 2 is 2.12 bits per heavy atom. The van der Waals surface area contributed by atoms with E-state index in [-0.39, 0.29) is 0 Å². The molecule has 0 unspecified atom stereocenters. The molecule has 2 N–H and O–H groups in total. The van der Waals surface area contributed by atoms with Crippen LogP contribution in [0.25, 0.3) is 0 Å². The second kappa shape index (κ2) is 4.53. The predicted octanol–water partition coefficient (Wildman–Crippen LogP) is 3.53. The lowest BCUT2D eigenvalue weighted by Crippen LogP contribution is -1.97. The van der Waals surface area contributed by atoms with Gasteiger partial charge in [-0.25, -0.2) is 4.98 Å². The number of ether oxygens (including phenoxy) is 1. The summed E-state index contributed by atoms with van der Waals surface area (Å²) in [4.78, 5) is 4.10. The van der Waals surface area contributed by atoms with Crippen molar-refractivity contribution in [3.05, 3.63) is 46.6 Å². The van der Waals surface area contributed by atoms with Crippen LogP contribution in [-0.4, -0.2) is 4.98 Å². The molecule has 0 aliphatic heterocycles. The summed E-state index contributed by atoms with van der Waals surface area (Å²) in [5.74, 6) is 1.15. The van der Waals surface area contributed by atoms with Crippen molar-refractivity contribution in [3.8, 4) is 11.6 Å². The van der Waals surface area contributed by atoms with Crippen molar-refractivity contribution in [2.75, 3.05) is 5.73 Å². The lowest BCUT2D eigenvalue weighted by molar-refractivity contribution is 0.465. The maximum Gasteiger partial charge on any atom is 0.242 e. The van der Waals surface area contributed by atoms with Crippen LogP contribution in [0, 0.1) is 6.92 Å². The van der Waals surface area contributed by atoms with Crippen LogP contribution in [0.3, 0.4) is 0 Å². The van der Waals surface area contributed by atoms with Crippen LogP contribution in [0.4, 0.5) is 5.69 Å². The average Bonchev–Trinajstić information content (AvgIpc) is 2.25. The summed E-state index contributed by atoms with van der Waals surface area (Å²) in [6.07, 6.45) is 1.68. The van der Waals surface area contributed by atoms with Crippen LogP contribution in [-0.2, 0) is 0 Å². The number of rotatable bonds is 2.